The zero-order chi connectivity index (χ0) is 15.8. The molecule has 0 saturated carbocycles. The summed E-state index contributed by atoms with van der Waals surface area (Å²) in [5.41, 5.74) is 8.47. The second-order valence-electron chi connectivity index (χ2n) is 5.40. The number of aromatic nitrogens is 4. The van der Waals surface area contributed by atoms with Crippen molar-refractivity contribution < 1.29 is 4.74 Å². The minimum absolute atomic E-state index is 0.245. The van der Waals surface area contributed by atoms with Gasteiger partial charge in [-0.1, -0.05) is 0 Å². The van der Waals surface area contributed by atoms with Crippen molar-refractivity contribution in [2.24, 2.45) is 0 Å². The summed E-state index contributed by atoms with van der Waals surface area (Å²) in [4.78, 5) is 19.8. The SMILES string of the molecule is Cc1csc2c(N3CCOCC3)nc(-c3cnc(N)nc3)nc12. The first-order valence-corrected chi connectivity index (χ1v) is 8.27. The van der Waals surface area contributed by atoms with Crippen molar-refractivity contribution in [3.8, 4) is 11.4 Å². The quantitative estimate of drug-likeness (QED) is 0.768. The highest BCUT2D eigenvalue weighted by molar-refractivity contribution is 7.18. The average molecular weight is 328 g/mol. The van der Waals surface area contributed by atoms with Crippen LogP contribution in [0, 0.1) is 6.92 Å². The number of hydrogen-bond donors (Lipinski definition) is 1. The lowest BCUT2D eigenvalue weighted by molar-refractivity contribution is 0.122. The molecule has 118 valence electrons. The van der Waals surface area contributed by atoms with Crippen LogP contribution in [0.2, 0.25) is 0 Å². The molecule has 0 atom stereocenters. The van der Waals surface area contributed by atoms with E-state index >= 15 is 0 Å². The summed E-state index contributed by atoms with van der Waals surface area (Å²) in [6.07, 6.45) is 3.32. The summed E-state index contributed by atoms with van der Waals surface area (Å²) in [7, 11) is 0. The lowest BCUT2D eigenvalue weighted by Crippen LogP contribution is -2.36. The molecular formula is C15H16N6OS. The lowest BCUT2D eigenvalue weighted by Gasteiger charge is -2.28. The van der Waals surface area contributed by atoms with Crippen LogP contribution in [0.5, 0.6) is 0 Å². The Balaban J connectivity index is 1.88. The van der Waals surface area contributed by atoms with Crippen molar-refractivity contribution in [3.63, 3.8) is 0 Å². The maximum absolute atomic E-state index is 5.57. The lowest BCUT2D eigenvalue weighted by atomic mass is 10.2. The number of nitrogens with two attached hydrogens (primary N) is 1. The van der Waals surface area contributed by atoms with Crippen LogP contribution in [0.25, 0.3) is 21.6 Å². The Labute approximate surface area is 137 Å². The molecule has 4 rings (SSSR count). The van der Waals surface area contributed by atoms with E-state index in [9.17, 15) is 0 Å². The highest BCUT2D eigenvalue weighted by Crippen LogP contribution is 2.34. The first kappa shape index (κ1) is 14.3. The van der Waals surface area contributed by atoms with E-state index < -0.39 is 0 Å². The molecule has 0 bridgehead atoms. The van der Waals surface area contributed by atoms with Crippen LogP contribution in [0.15, 0.2) is 17.8 Å². The number of thiophene rings is 1. The average Bonchev–Trinajstić information content (AvgIpc) is 2.97. The summed E-state index contributed by atoms with van der Waals surface area (Å²) in [5, 5.41) is 2.12. The molecule has 0 unspecified atom stereocenters. The molecule has 1 saturated heterocycles. The first-order valence-electron chi connectivity index (χ1n) is 7.39. The highest BCUT2D eigenvalue weighted by Gasteiger charge is 2.20. The van der Waals surface area contributed by atoms with E-state index in [1.54, 1.807) is 23.7 Å². The third-order valence-electron chi connectivity index (χ3n) is 3.82. The Morgan fingerprint density at radius 3 is 2.65 bits per heavy atom. The van der Waals surface area contributed by atoms with E-state index in [-0.39, 0.29) is 5.95 Å². The zero-order valence-electron chi connectivity index (χ0n) is 12.7. The van der Waals surface area contributed by atoms with Gasteiger partial charge in [0.25, 0.3) is 0 Å². The van der Waals surface area contributed by atoms with Crippen LogP contribution in [0.4, 0.5) is 11.8 Å². The molecule has 3 aromatic rings. The normalized spacial score (nSPS) is 15.3. The van der Waals surface area contributed by atoms with E-state index in [1.165, 1.54) is 0 Å². The molecule has 1 aliphatic heterocycles. The van der Waals surface area contributed by atoms with Crippen LogP contribution in [0.3, 0.4) is 0 Å². The molecule has 0 aromatic carbocycles. The van der Waals surface area contributed by atoms with Gasteiger partial charge in [-0.3, -0.25) is 0 Å². The van der Waals surface area contributed by atoms with Gasteiger partial charge < -0.3 is 15.4 Å². The molecular weight excluding hydrogens is 312 g/mol. The fraction of sp³-hybridized carbons (Fsp3) is 0.333. The Morgan fingerprint density at radius 1 is 1.17 bits per heavy atom. The van der Waals surface area contributed by atoms with Crippen LogP contribution in [-0.2, 0) is 4.74 Å². The van der Waals surface area contributed by atoms with Gasteiger partial charge in [-0.15, -0.1) is 11.3 Å². The van der Waals surface area contributed by atoms with Gasteiger partial charge in [0.1, 0.15) is 0 Å². The van der Waals surface area contributed by atoms with Gasteiger partial charge in [-0.2, -0.15) is 0 Å². The molecule has 0 radical (unpaired) electrons. The first-order chi connectivity index (χ1) is 11.2. The number of hydrogen-bond acceptors (Lipinski definition) is 8. The van der Waals surface area contributed by atoms with Crippen LogP contribution in [0.1, 0.15) is 5.56 Å². The number of ether oxygens (including phenoxy) is 1. The summed E-state index contributed by atoms with van der Waals surface area (Å²) in [6, 6.07) is 0. The van der Waals surface area contributed by atoms with Crippen LogP contribution >= 0.6 is 11.3 Å². The smallest absolute Gasteiger partial charge is 0.219 e. The predicted octanol–water partition coefficient (Wildman–Crippen LogP) is 1.88. The van der Waals surface area contributed by atoms with Gasteiger partial charge in [-0.25, -0.2) is 19.9 Å². The Kier molecular flexibility index (Phi) is 3.55. The molecule has 4 heterocycles. The standard InChI is InChI=1S/C15H16N6OS/c1-9-8-23-12-11(9)19-13(10-6-17-15(16)18-7-10)20-14(12)21-2-4-22-5-3-21/h6-8H,2-5H2,1H3,(H2,16,17,18). The second-order valence-corrected chi connectivity index (χ2v) is 6.28. The number of anilines is 2. The Bertz CT molecular complexity index is 841. The van der Waals surface area contributed by atoms with Gasteiger partial charge in [0.15, 0.2) is 11.6 Å². The predicted molar refractivity (Wildman–Crippen MR) is 90.6 cm³/mol. The van der Waals surface area contributed by atoms with Crippen LogP contribution < -0.4 is 10.6 Å². The van der Waals surface area contributed by atoms with Gasteiger partial charge in [0.2, 0.25) is 5.95 Å². The van der Waals surface area contributed by atoms with Crippen molar-refractivity contribution in [3.05, 3.63) is 23.3 Å². The molecule has 0 amide bonds. The van der Waals surface area contributed by atoms with E-state index in [1.807, 2.05) is 0 Å². The van der Waals surface area contributed by atoms with E-state index in [2.05, 4.69) is 27.2 Å². The minimum Gasteiger partial charge on any atom is -0.378 e. The number of rotatable bonds is 2. The fourth-order valence-electron chi connectivity index (χ4n) is 2.59. The summed E-state index contributed by atoms with van der Waals surface area (Å²) < 4.78 is 6.57. The Hall–Kier alpha value is -2.32. The molecule has 23 heavy (non-hydrogen) atoms. The summed E-state index contributed by atoms with van der Waals surface area (Å²) >= 11 is 1.68. The maximum Gasteiger partial charge on any atom is 0.219 e. The number of fused-ring (bicyclic) bond motifs is 1. The molecule has 2 N–H and O–H groups in total. The number of morpholine rings is 1. The Morgan fingerprint density at radius 2 is 1.91 bits per heavy atom. The minimum atomic E-state index is 0.245. The molecule has 3 aromatic heterocycles. The van der Waals surface area contributed by atoms with E-state index in [0.717, 1.165) is 53.5 Å². The summed E-state index contributed by atoms with van der Waals surface area (Å²) in [5.74, 6) is 1.83. The second kappa shape index (κ2) is 5.71. The zero-order valence-corrected chi connectivity index (χ0v) is 13.5. The monoisotopic (exact) mass is 328 g/mol. The van der Waals surface area contributed by atoms with Crippen LogP contribution in [-0.4, -0.2) is 46.2 Å². The van der Waals surface area contributed by atoms with Crippen molar-refractivity contribution in [1.29, 1.82) is 0 Å². The third kappa shape index (κ3) is 2.60. The molecule has 7 nitrogen and oxygen atoms in total. The molecule has 1 aliphatic rings. The van der Waals surface area contributed by atoms with Crippen molar-refractivity contribution in [2.75, 3.05) is 36.9 Å². The maximum atomic E-state index is 5.57. The molecule has 8 heteroatoms. The van der Waals surface area contributed by atoms with Gasteiger partial charge in [0, 0.05) is 25.5 Å². The third-order valence-corrected chi connectivity index (χ3v) is 4.90. The molecule has 0 spiro atoms. The fourth-order valence-corrected chi connectivity index (χ4v) is 3.59. The molecule has 0 aliphatic carbocycles. The number of nitrogen functional groups attached to an aromatic ring is 1. The van der Waals surface area contributed by atoms with E-state index in [0.29, 0.717) is 5.82 Å². The molecule has 1 fully saturated rings. The number of nitrogens with zero attached hydrogens (tertiary/aromatic N) is 5. The van der Waals surface area contributed by atoms with Gasteiger partial charge in [0.05, 0.1) is 29.0 Å². The van der Waals surface area contributed by atoms with Crippen molar-refractivity contribution in [1.82, 2.24) is 19.9 Å². The van der Waals surface area contributed by atoms with Gasteiger partial charge in [-0.05, 0) is 17.9 Å². The largest absolute Gasteiger partial charge is 0.378 e. The summed E-state index contributed by atoms with van der Waals surface area (Å²) in [6.45, 7) is 5.17. The number of aryl methyl sites for hydroxylation is 1. The highest BCUT2D eigenvalue weighted by atomic mass is 32.1. The van der Waals surface area contributed by atoms with Crippen molar-refractivity contribution in [2.45, 2.75) is 6.92 Å². The van der Waals surface area contributed by atoms with E-state index in [4.69, 9.17) is 20.4 Å². The van der Waals surface area contributed by atoms with Gasteiger partial charge >= 0.3 is 0 Å². The van der Waals surface area contributed by atoms with Crippen molar-refractivity contribution >= 4 is 33.3 Å². The topological polar surface area (TPSA) is 90.0 Å².